The molecule has 2 unspecified atom stereocenters. The summed E-state index contributed by atoms with van der Waals surface area (Å²) in [5.41, 5.74) is 0.566. The number of carboxylic acid groups (broad SMARTS) is 1. The van der Waals surface area contributed by atoms with Crippen LogP contribution in [0.25, 0.3) is 0 Å². The standard InChI is InChI=1S/C14H18ClNO4S/c1-9-7-11(15)5-6-13(9)21(19,20)16-8-10-3-2-4-12(10)14(17)18/h5-7,10,12,16H,2-4,8H2,1H3,(H,17,18). The Morgan fingerprint density at radius 1 is 1.43 bits per heavy atom. The van der Waals surface area contributed by atoms with E-state index in [1.165, 1.54) is 12.1 Å². The highest BCUT2D eigenvalue weighted by molar-refractivity contribution is 7.89. The van der Waals surface area contributed by atoms with Gasteiger partial charge in [-0.1, -0.05) is 18.0 Å². The monoisotopic (exact) mass is 331 g/mol. The van der Waals surface area contributed by atoms with Gasteiger partial charge in [0.1, 0.15) is 0 Å². The van der Waals surface area contributed by atoms with Crippen molar-refractivity contribution in [3.05, 3.63) is 28.8 Å². The van der Waals surface area contributed by atoms with E-state index in [1.807, 2.05) is 0 Å². The number of sulfonamides is 1. The molecule has 1 aromatic carbocycles. The van der Waals surface area contributed by atoms with Gasteiger partial charge in [0.15, 0.2) is 0 Å². The first kappa shape index (κ1) is 16.3. The van der Waals surface area contributed by atoms with Gasteiger partial charge in [-0.3, -0.25) is 4.79 Å². The van der Waals surface area contributed by atoms with E-state index in [0.717, 1.165) is 12.8 Å². The van der Waals surface area contributed by atoms with Crippen molar-refractivity contribution in [2.75, 3.05) is 6.54 Å². The minimum Gasteiger partial charge on any atom is -0.481 e. The van der Waals surface area contributed by atoms with Crippen LogP contribution in [0.4, 0.5) is 0 Å². The zero-order valence-corrected chi connectivity index (χ0v) is 13.2. The van der Waals surface area contributed by atoms with Crippen molar-refractivity contribution in [1.29, 1.82) is 0 Å². The van der Waals surface area contributed by atoms with Crippen molar-refractivity contribution < 1.29 is 18.3 Å². The summed E-state index contributed by atoms with van der Waals surface area (Å²) in [7, 11) is -3.65. The van der Waals surface area contributed by atoms with Crippen LogP contribution in [0.15, 0.2) is 23.1 Å². The first-order chi connectivity index (χ1) is 9.81. The van der Waals surface area contributed by atoms with E-state index in [9.17, 15) is 13.2 Å². The topological polar surface area (TPSA) is 83.5 Å². The van der Waals surface area contributed by atoms with Crippen molar-refractivity contribution >= 4 is 27.6 Å². The normalized spacial score (nSPS) is 22.4. The van der Waals surface area contributed by atoms with Crippen LogP contribution in [0, 0.1) is 18.8 Å². The Kier molecular flexibility index (Phi) is 4.91. The second kappa shape index (κ2) is 6.34. The van der Waals surface area contributed by atoms with Crippen LogP contribution in [0.2, 0.25) is 5.02 Å². The molecule has 2 N–H and O–H groups in total. The third-order valence-electron chi connectivity index (χ3n) is 3.94. The largest absolute Gasteiger partial charge is 0.481 e. The fourth-order valence-corrected chi connectivity index (χ4v) is 4.36. The molecule has 0 heterocycles. The van der Waals surface area contributed by atoms with E-state index in [1.54, 1.807) is 13.0 Å². The first-order valence-electron chi connectivity index (χ1n) is 6.80. The summed E-state index contributed by atoms with van der Waals surface area (Å²) in [5.74, 6) is -1.46. The highest BCUT2D eigenvalue weighted by Gasteiger charge is 2.33. The smallest absolute Gasteiger partial charge is 0.306 e. The third kappa shape index (κ3) is 3.75. The quantitative estimate of drug-likeness (QED) is 0.868. The van der Waals surface area contributed by atoms with E-state index in [4.69, 9.17) is 16.7 Å². The predicted molar refractivity (Wildman–Crippen MR) is 79.8 cm³/mol. The molecular weight excluding hydrogens is 314 g/mol. The number of hydrogen-bond donors (Lipinski definition) is 2. The molecule has 0 spiro atoms. The van der Waals surface area contributed by atoms with E-state index in [0.29, 0.717) is 17.0 Å². The molecule has 0 radical (unpaired) electrons. The summed E-state index contributed by atoms with van der Waals surface area (Å²) in [4.78, 5) is 11.3. The number of carboxylic acids is 1. The van der Waals surface area contributed by atoms with Gasteiger partial charge in [0.2, 0.25) is 10.0 Å². The fraction of sp³-hybridized carbons (Fsp3) is 0.500. The van der Waals surface area contributed by atoms with Gasteiger partial charge in [-0.2, -0.15) is 0 Å². The van der Waals surface area contributed by atoms with E-state index < -0.39 is 21.9 Å². The van der Waals surface area contributed by atoms with Crippen LogP contribution in [0.5, 0.6) is 0 Å². The maximum Gasteiger partial charge on any atom is 0.306 e. The van der Waals surface area contributed by atoms with Crippen molar-refractivity contribution in [2.45, 2.75) is 31.1 Å². The fourth-order valence-electron chi connectivity index (χ4n) is 2.82. The third-order valence-corrected chi connectivity index (χ3v) is 5.76. The Bertz CT molecular complexity index is 644. The minimum absolute atomic E-state index is 0.148. The summed E-state index contributed by atoms with van der Waals surface area (Å²) in [5, 5.41) is 9.59. The molecule has 1 fully saturated rings. The number of halogens is 1. The molecule has 1 aliphatic carbocycles. The van der Waals surface area contributed by atoms with Crippen molar-refractivity contribution in [1.82, 2.24) is 4.72 Å². The van der Waals surface area contributed by atoms with E-state index in [2.05, 4.69) is 4.72 Å². The lowest BCUT2D eigenvalue weighted by Crippen LogP contribution is -2.33. The lowest BCUT2D eigenvalue weighted by molar-refractivity contribution is -0.142. The molecule has 1 aliphatic rings. The molecule has 2 atom stereocenters. The molecule has 116 valence electrons. The summed E-state index contributed by atoms with van der Waals surface area (Å²) >= 11 is 5.82. The SMILES string of the molecule is Cc1cc(Cl)ccc1S(=O)(=O)NCC1CCCC1C(=O)O. The molecular formula is C14H18ClNO4S. The molecule has 0 aliphatic heterocycles. The van der Waals surface area contributed by atoms with Crippen molar-refractivity contribution in [3.8, 4) is 0 Å². The van der Waals surface area contributed by atoms with Crippen LogP contribution < -0.4 is 4.72 Å². The minimum atomic E-state index is -3.65. The van der Waals surface area contributed by atoms with E-state index >= 15 is 0 Å². The lowest BCUT2D eigenvalue weighted by Gasteiger charge is -2.17. The van der Waals surface area contributed by atoms with Crippen LogP contribution in [-0.4, -0.2) is 26.0 Å². The summed E-state index contributed by atoms with van der Waals surface area (Å²) < 4.78 is 27.1. The number of nitrogens with one attached hydrogen (secondary N) is 1. The average Bonchev–Trinajstić information content (AvgIpc) is 2.84. The van der Waals surface area contributed by atoms with Crippen LogP contribution in [0.1, 0.15) is 24.8 Å². The zero-order chi connectivity index (χ0) is 15.6. The molecule has 1 aromatic rings. The Morgan fingerprint density at radius 2 is 2.14 bits per heavy atom. The second-order valence-electron chi connectivity index (χ2n) is 5.40. The van der Waals surface area contributed by atoms with Gasteiger partial charge in [0, 0.05) is 11.6 Å². The summed E-state index contributed by atoms with van der Waals surface area (Å²) in [6.07, 6.45) is 2.17. The number of carbonyl (C=O) groups is 1. The molecule has 0 bridgehead atoms. The van der Waals surface area contributed by atoms with E-state index in [-0.39, 0.29) is 17.4 Å². The molecule has 0 amide bonds. The highest BCUT2D eigenvalue weighted by atomic mass is 35.5. The molecule has 0 saturated heterocycles. The zero-order valence-electron chi connectivity index (χ0n) is 11.7. The maximum absolute atomic E-state index is 12.3. The summed E-state index contributed by atoms with van der Waals surface area (Å²) in [6.45, 7) is 1.83. The van der Waals surface area contributed by atoms with Gasteiger partial charge in [-0.25, -0.2) is 13.1 Å². The van der Waals surface area contributed by atoms with Gasteiger partial charge >= 0.3 is 5.97 Å². The van der Waals surface area contributed by atoms with Gasteiger partial charge in [0.25, 0.3) is 0 Å². The maximum atomic E-state index is 12.3. The number of rotatable bonds is 5. The predicted octanol–water partition coefficient (Wildman–Crippen LogP) is 2.43. The average molecular weight is 332 g/mol. The number of hydrogen-bond acceptors (Lipinski definition) is 3. The number of aliphatic carboxylic acids is 1. The molecule has 1 saturated carbocycles. The molecule has 7 heteroatoms. The number of aryl methyl sites for hydroxylation is 1. The summed E-state index contributed by atoms with van der Waals surface area (Å²) in [6, 6.07) is 4.58. The molecule has 5 nitrogen and oxygen atoms in total. The van der Waals surface area contributed by atoms with Gasteiger partial charge in [-0.05, 0) is 49.4 Å². The Balaban J connectivity index is 2.09. The number of benzene rings is 1. The molecule has 21 heavy (non-hydrogen) atoms. The van der Waals surface area contributed by atoms with Crippen molar-refractivity contribution in [3.63, 3.8) is 0 Å². The van der Waals surface area contributed by atoms with Gasteiger partial charge in [-0.15, -0.1) is 0 Å². The van der Waals surface area contributed by atoms with Gasteiger partial charge < -0.3 is 5.11 Å². The van der Waals surface area contributed by atoms with Crippen molar-refractivity contribution in [2.24, 2.45) is 11.8 Å². The van der Waals surface area contributed by atoms with Crippen LogP contribution >= 0.6 is 11.6 Å². The molecule has 2 rings (SSSR count). The highest BCUT2D eigenvalue weighted by Crippen LogP contribution is 2.31. The molecule has 0 aromatic heterocycles. The first-order valence-corrected chi connectivity index (χ1v) is 8.66. The Morgan fingerprint density at radius 3 is 2.76 bits per heavy atom. The Hall–Kier alpha value is -1.11. The van der Waals surface area contributed by atoms with Gasteiger partial charge in [0.05, 0.1) is 10.8 Å². The van der Waals surface area contributed by atoms with Crippen LogP contribution in [0.3, 0.4) is 0 Å². The Labute approximate surface area is 129 Å². The second-order valence-corrected chi connectivity index (χ2v) is 7.57. The van der Waals surface area contributed by atoms with Crippen LogP contribution in [-0.2, 0) is 14.8 Å². The lowest BCUT2D eigenvalue weighted by atomic mass is 9.97.